The SMILES string of the molecule is c1ccc2cc(-c3nc(-c4ccc5cc(-c6ccc7cccc8c7c6-c6ccc7oc9ccccc9c7c6-8)ccc5c4)nc(-c4ccc5c(c4)oc4ccccc45)n3)ccc2c1. The van der Waals surface area contributed by atoms with Crippen molar-refractivity contribution >= 4 is 76.2 Å². The lowest BCUT2D eigenvalue weighted by molar-refractivity contribution is 0.668. The van der Waals surface area contributed by atoms with Crippen molar-refractivity contribution in [3.05, 3.63) is 188 Å². The zero-order valence-electron chi connectivity index (χ0n) is 33.1. The number of fused-ring (bicyclic) bond motifs is 12. The van der Waals surface area contributed by atoms with Crippen LogP contribution in [0.15, 0.2) is 197 Å². The molecular formula is C57H31N3O2. The molecule has 3 heterocycles. The summed E-state index contributed by atoms with van der Waals surface area (Å²) in [4.78, 5) is 15.4. The van der Waals surface area contributed by atoms with Crippen LogP contribution >= 0.6 is 0 Å². The molecule has 0 atom stereocenters. The second-order valence-electron chi connectivity index (χ2n) is 16.3. The van der Waals surface area contributed by atoms with Gasteiger partial charge >= 0.3 is 0 Å². The van der Waals surface area contributed by atoms with Crippen molar-refractivity contribution in [1.29, 1.82) is 0 Å². The van der Waals surface area contributed by atoms with Gasteiger partial charge in [0.1, 0.15) is 22.3 Å². The Balaban J connectivity index is 0.905. The van der Waals surface area contributed by atoms with Crippen LogP contribution in [-0.2, 0) is 0 Å². The standard InChI is InChI=1S/C57H31N3O2/c1-2-9-34-29-38(20-16-32(34)8-1)55-58-56(60-57(59-55)40-23-25-43-42-11-3-5-14-47(42)62-50(43)31-40)39-21-18-35-28-37(19-17-36(35)30-39)41-24-22-33-10-7-13-45-51(33)52(41)46-26-27-49-54(53(45)46)44-12-4-6-15-48(44)61-49/h1-31H. The molecule has 0 saturated heterocycles. The Kier molecular flexibility index (Phi) is 6.77. The fourth-order valence-corrected chi connectivity index (χ4v) is 9.92. The molecule has 14 rings (SSSR count). The quantitative estimate of drug-likeness (QED) is 0.178. The fourth-order valence-electron chi connectivity index (χ4n) is 9.92. The van der Waals surface area contributed by atoms with E-state index in [1.54, 1.807) is 0 Å². The third-order valence-corrected chi connectivity index (χ3v) is 12.8. The molecule has 0 spiro atoms. The first-order valence-corrected chi connectivity index (χ1v) is 20.9. The van der Waals surface area contributed by atoms with E-state index in [0.717, 1.165) is 71.3 Å². The number of rotatable bonds is 4. The van der Waals surface area contributed by atoms with Gasteiger partial charge in [0.25, 0.3) is 0 Å². The lowest BCUT2D eigenvalue weighted by atomic mass is 9.91. The Bertz CT molecular complexity index is 4060. The van der Waals surface area contributed by atoms with Crippen LogP contribution in [0.5, 0.6) is 0 Å². The van der Waals surface area contributed by atoms with Gasteiger partial charge in [-0.3, -0.25) is 0 Å². The number of hydrogen-bond acceptors (Lipinski definition) is 5. The summed E-state index contributed by atoms with van der Waals surface area (Å²) in [6, 6.07) is 66.3. The number of hydrogen-bond donors (Lipinski definition) is 0. The van der Waals surface area contributed by atoms with E-state index in [1.165, 1.54) is 54.9 Å². The molecule has 13 aromatic rings. The number of aromatic nitrogens is 3. The maximum absolute atomic E-state index is 6.36. The lowest BCUT2D eigenvalue weighted by Gasteiger charge is -2.13. The second kappa shape index (κ2) is 12.6. The summed E-state index contributed by atoms with van der Waals surface area (Å²) in [5, 5.41) is 11.6. The van der Waals surface area contributed by atoms with E-state index in [-0.39, 0.29) is 0 Å². The molecule has 1 aliphatic carbocycles. The summed E-state index contributed by atoms with van der Waals surface area (Å²) in [7, 11) is 0. The van der Waals surface area contributed by atoms with Crippen molar-refractivity contribution in [3.63, 3.8) is 0 Å². The summed E-state index contributed by atoms with van der Waals surface area (Å²) in [6.45, 7) is 0. The molecule has 0 saturated carbocycles. The van der Waals surface area contributed by atoms with Gasteiger partial charge in [-0.15, -0.1) is 0 Å². The Labute approximate surface area is 354 Å². The van der Waals surface area contributed by atoms with E-state index in [4.69, 9.17) is 23.8 Å². The van der Waals surface area contributed by atoms with Crippen molar-refractivity contribution < 1.29 is 8.83 Å². The minimum absolute atomic E-state index is 0.589. The van der Waals surface area contributed by atoms with Gasteiger partial charge in [0.15, 0.2) is 17.5 Å². The average molecular weight is 790 g/mol. The van der Waals surface area contributed by atoms with Crippen LogP contribution in [0.25, 0.3) is 144 Å². The van der Waals surface area contributed by atoms with Crippen LogP contribution in [0.3, 0.4) is 0 Å². The first kappa shape index (κ1) is 33.4. The Morgan fingerprint density at radius 3 is 1.58 bits per heavy atom. The van der Waals surface area contributed by atoms with E-state index >= 15 is 0 Å². The van der Waals surface area contributed by atoms with Gasteiger partial charge < -0.3 is 8.83 Å². The predicted molar refractivity (Wildman–Crippen MR) is 253 cm³/mol. The molecule has 286 valence electrons. The fraction of sp³-hybridized carbons (Fsp3) is 0. The van der Waals surface area contributed by atoms with Gasteiger partial charge in [-0.05, 0) is 115 Å². The third kappa shape index (κ3) is 4.87. The summed E-state index contributed by atoms with van der Waals surface area (Å²) >= 11 is 0. The number of para-hydroxylation sites is 2. The number of benzene rings is 10. The van der Waals surface area contributed by atoms with E-state index < -0.39 is 0 Å². The summed E-state index contributed by atoms with van der Waals surface area (Å²) in [5.41, 5.74) is 13.6. The van der Waals surface area contributed by atoms with E-state index in [1.807, 2.05) is 30.3 Å². The monoisotopic (exact) mass is 789 g/mol. The molecule has 0 fully saturated rings. The summed E-state index contributed by atoms with van der Waals surface area (Å²) in [6.07, 6.45) is 0. The van der Waals surface area contributed by atoms with E-state index in [0.29, 0.717) is 17.5 Å². The van der Waals surface area contributed by atoms with Crippen LogP contribution in [0, 0.1) is 0 Å². The molecule has 0 amide bonds. The lowest BCUT2D eigenvalue weighted by Crippen LogP contribution is -2.00. The molecule has 0 unspecified atom stereocenters. The highest BCUT2D eigenvalue weighted by Gasteiger charge is 2.28. The first-order chi connectivity index (χ1) is 30.7. The molecule has 1 aliphatic rings. The van der Waals surface area contributed by atoms with Gasteiger partial charge in [0.2, 0.25) is 0 Å². The highest BCUT2D eigenvalue weighted by atomic mass is 16.3. The predicted octanol–water partition coefficient (Wildman–Crippen LogP) is 15.4. The van der Waals surface area contributed by atoms with Gasteiger partial charge in [-0.1, -0.05) is 133 Å². The van der Waals surface area contributed by atoms with Crippen molar-refractivity contribution in [3.8, 4) is 67.5 Å². The minimum Gasteiger partial charge on any atom is -0.456 e. The number of nitrogens with zero attached hydrogens (tertiary/aromatic N) is 3. The zero-order chi connectivity index (χ0) is 40.5. The highest BCUT2D eigenvalue weighted by Crippen LogP contribution is 2.55. The van der Waals surface area contributed by atoms with Crippen molar-refractivity contribution in [2.24, 2.45) is 0 Å². The zero-order valence-corrected chi connectivity index (χ0v) is 33.1. The van der Waals surface area contributed by atoms with E-state index in [9.17, 15) is 0 Å². The summed E-state index contributed by atoms with van der Waals surface area (Å²) < 4.78 is 12.7. The average Bonchev–Trinajstić information content (AvgIpc) is 4.01. The maximum atomic E-state index is 6.36. The molecule has 3 aromatic heterocycles. The second-order valence-corrected chi connectivity index (χ2v) is 16.3. The van der Waals surface area contributed by atoms with Gasteiger partial charge in [0.05, 0.1) is 0 Å². The molecule has 0 N–H and O–H groups in total. The van der Waals surface area contributed by atoms with Crippen LogP contribution < -0.4 is 0 Å². The Morgan fingerprint density at radius 2 is 0.790 bits per heavy atom. The first-order valence-electron chi connectivity index (χ1n) is 20.9. The summed E-state index contributed by atoms with van der Waals surface area (Å²) in [5.74, 6) is 1.81. The van der Waals surface area contributed by atoms with Crippen LogP contribution in [0.4, 0.5) is 0 Å². The molecule has 5 nitrogen and oxygen atoms in total. The largest absolute Gasteiger partial charge is 0.456 e. The van der Waals surface area contributed by atoms with Crippen LogP contribution in [0.1, 0.15) is 0 Å². The highest BCUT2D eigenvalue weighted by molar-refractivity contribution is 6.27. The Morgan fingerprint density at radius 1 is 0.274 bits per heavy atom. The van der Waals surface area contributed by atoms with Crippen LogP contribution in [0.2, 0.25) is 0 Å². The van der Waals surface area contributed by atoms with E-state index in [2.05, 4.69) is 158 Å². The molecular weight excluding hydrogens is 759 g/mol. The van der Waals surface area contributed by atoms with Gasteiger partial charge in [-0.2, -0.15) is 0 Å². The third-order valence-electron chi connectivity index (χ3n) is 12.8. The molecule has 0 bridgehead atoms. The molecule has 10 aromatic carbocycles. The van der Waals surface area contributed by atoms with Gasteiger partial charge in [-0.25, -0.2) is 15.0 Å². The molecule has 5 heteroatoms. The smallest absolute Gasteiger partial charge is 0.164 e. The topological polar surface area (TPSA) is 65.0 Å². The Hall–Kier alpha value is -8.41. The van der Waals surface area contributed by atoms with Crippen molar-refractivity contribution in [2.75, 3.05) is 0 Å². The van der Waals surface area contributed by atoms with Gasteiger partial charge in [0, 0.05) is 43.8 Å². The van der Waals surface area contributed by atoms with Crippen molar-refractivity contribution in [1.82, 2.24) is 15.0 Å². The van der Waals surface area contributed by atoms with Crippen LogP contribution in [-0.4, -0.2) is 15.0 Å². The van der Waals surface area contributed by atoms with Crippen molar-refractivity contribution in [2.45, 2.75) is 0 Å². The molecule has 62 heavy (non-hydrogen) atoms. The normalized spacial score (nSPS) is 12.2. The minimum atomic E-state index is 0.589. The maximum Gasteiger partial charge on any atom is 0.164 e. The number of furan rings is 2. The molecule has 0 radical (unpaired) electrons. The molecule has 0 aliphatic heterocycles.